The molecule has 3 aromatic rings. The Balaban J connectivity index is 1.38. The average Bonchev–Trinajstić information content (AvgIpc) is 2.97. The van der Waals surface area contributed by atoms with E-state index >= 15 is 0 Å². The van der Waals surface area contributed by atoms with Crippen LogP contribution in [0, 0.1) is 11.7 Å². The number of carbonyl (C=O) groups excluding carboxylic acids is 3. The summed E-state index contributed by atoms with van der Waals surface area (Å²) in [4.78, 5) is 48.9. The molecular weight excluding hydrogens is 533 g/mol. The summed E-state index contributed by atoms with van der Waals surface area (Å²) in [7, 11) is 0. The number of carbonyl (C=O) groups is 4. The summed E-state index contributed by atoms with van der Waals surface area (Å²) in [6.45, 7) is -1.27. The number of hydrogen-bond acceptors (Lipinski definition) is 6. The van der Waals surface area contributed by atoms with Gasteiger partial charge in [-0.15, -0.1) is 0 Å². The highest BCUT2D eigenvalue weighted by atomic mass is 19.1. The molecule has 0 bridgehead atoms. The van der Waals surface area contributed by atoms with Gasteiger partial charge in [0.05, 0.1) is 24.6 Å². The Bertz CT molecular complexity index is 1370. The Hall–Kier alpha value is -4.77. The second-order valence-corrected chi connectivity index (χ2v) is 9.54. The molecule has 4 rings (SSSR count). The fraction of sp³-hybridized carbons (Fsp3) is 0.267. The third-order valence-corrected chi connectivity index (χ3v) is 6.73. The maximum absolute atomic E-state index is 13.3. The summed E-state index contributed by atoms with van der Waals surface area (Å²) in [6.07, 6.45) is -0.0877. The molecule has 41 heavy (non-hydrogen) atoms. The largest absolute Gasteiger partial charge is 0.484 e. The van der Waals surface area contributed by atoms with Crippen LogP contribution < -0.4 is 20.3 Å². The van der Waals surface area contributed by atoms with Gasteiger partial charge in [-0.1, -0.05) is 42.5 Å². The van der Waals surface area contributed by atoms with Crippen LogP contribution in [0.3, 0.4) is 0 Å². The van der Waals surface area contributed by atoms with Gasteiger partial charge in [0.1, 0.15) is 18.1 Å². The lowest BCUT2D eigenvalue weighted by Gasteiger charge is -2.48. The van der Waals surface area contributed by atoms with E-state index in [0.29, 0.717) is 24.2 Å². The van der Waals surface area contributed by atoms with E-state index in [0.717, 1.165) is 11.3 Å². The molecule has 0 aliphatic carbocycles. The topological polar surface area (TPSA) is 145 Å². The molecule has 0 saturated carbocycles. The van der Waals surface area contributed by atoms with Gasteiger partial charge in [-0.2, -0.15) is 0 Å². The summed E-state index contributed by atoms with van der Waals surface area (Å²) in [6, 6.07) is 21.6. The number of para-hydroxylation sites is 1. The minimum atomic E-state index is -1.19. The zero-order valence-electron chi connectivity index (χ0n) is 22.0. The number of nitrogens with zero attached hydrogens (tertiary/aromatic N) is 1. The van der Waals surface area contributed by atoms with Crippen molar-refractivity contribution in [3.8, 4) is 5.75 Å². The van der Waals surface area contributed by atoms with Crippen LogP contribution in [-0.4, -0.2) is 53.6 Å². The van der Waals surface area contributed by atoms with Crippen molar-refractivity contribution in [2.75, 3.05) is 24.6 Å². The molecule has 1 fully saturated rings. The molecule has 3 atom stereocenters. The highest BCUT2D eigenvalue weighted by Crippen LogP contribution is 2.46. The number of nitrogens with one attached hydrogen (secondary N) is 2. The Morgan fingerprint density at radius 2 is 1.56 bits per heavy atom. The molecule has 4 N–H and O–H groups in total. The van der Waals surface area contributed by atoms with Gasteiger partial charge >= 0.3 is 5.97 Å². The predicted octanol–water partition coefficient (Wildman–Crippen LogP) is 2.74. The van der Waals surface area contributed by atoms with Crippen LogP contribution in [0.5, 0.6) is 5.75 Å². The number of ether oxygens (including phenoxy) is 1. The number of benzene rings is 3. The van der Waals surface area contributed by atoms with Gasteiger partial charge in [-0.25, -0.2) is 4.39 Å². The van der Waals surface area contributed by atoms with E-state index in [-0.39, 0.29) is 36.8 Å². The normalized spacial score (nSPS) is 16.8. The molecule has 3 unspecified atom stereocenters. The lowest BCUT2D eigenvalue weighted by atomic mass is 9.78. The van der Waals surface area contributed by atoms with Crippen molar-refractivity contribution in [3.05, 3.63) is 95.8 Å². The number of aliphatic hydroxyl groups excluding tert-OH is 1. The number of aliphatic hydroxyl groups is 1. The van der Waals surface area contributed by atoms with E-state index in [1.807, 2.05) is 42.5 Å². The first-order chi connectivity index (χ1) is 19.7. The van der Waals surface area contributed by atoms with Crippen LogP contribution in [0.1, 0.15) is 36.1 Å². The van der Waals surface area contributed by atoms with Gasteiger partial charge in [0.15, 0.2) is 6.61 Å². The number of carboxylic acids is 1. The third kappa shape index (κ3) is 7.67. The Morgan fingerprint density at radius 3 is 2.22 bits per heavy atom. The Labute approximate surface area is 235 Å². The van der Waals surface area contributed by atoms with Gasteiger partial charge in [-0.3, -0.25) is 19.2 Å². The summed E-state index contributed by atoms with van der Waals surface area (Å²) in [5.41, 5.74) is 2.19. The standard InChI is InChI=1S/C30H30FN3O7/c31-21-10-6-19(7-11-21)25(35)15-14-24-29(34(30(24)40)22-4-2-1-3-5-22)20-8-12-23(13-9-20)41-18-27(37)32-16-26(36)33-17-28(38)39/h1-13,24-25,29,35H,14-18H2,(H,32,37)(H,33,36)(H,38,39). The number of halogens is 1. The minimum absolute atomic E-state index is 0.0584. The molecule has 10 nitrogen and oxygen atoms in total. The van der Waals surface area contributed by atoms with Crippen molar-refractivity contribution in [1.82, 2.24) is 10.6 Å². The van der Waals surface area contributed by atoms with Gasteiger partial charge in [-0.05, 0) is 60.4 Å². The number of carboxylic acid groups (broad SMARTS) is 1. The molecule has 214 valence electrons. The van der Waals surface area contributed by atoms with Crippen LogP contribution in [0.2, 0.25) is 0 Å². The van der Waals surface area contributed by atoms with Crippen molar-refractivity contribution >= 4 is 29.4 Å². The molecule has 1 aliphatic rings. The SMILES string of the molecule is O=C(O)CNC(=O)CNC(=O)COc1ccc(C2C(CCC(O)c3ccc(F)cc3)C(=O)N2c2ccccc2)cc1. The molecule has 3 amide bonds. The van der Waals surface area contributed by atoms with E-state index in [4.69, 9.17) is 9.84 Å². The molecule has 1 heterocycles. The van der Waals surface area contributed by atoms with Crippen LogP contribution in [0.25, 0.3) is 0 Å². The lowest BCUT2D eigenvalue weighted by Crippen LogP contribution is -2.55. The van der Waals surface area contributed by atoms with E-state index in [9.17, 15) is 28.7 Å². The fourth-order valence-electron chi connectivity index (χ4n) is 4.65. The molecule has 0 spiro atoms. The number of β-lactam (4-membered cyclic amide) rings is 1. The Kier molecular flexibility index (Phi) is 9.64. The monoisotopic (exact) mass is 563 g/mol. The van der Waals surface area contributed by atoms with Crippen molar-refractivity contribution in [3.63, 3.8) is 0 Å². The summed E-state index contributed by atoms with van der Waals surface area (Å²) < 4.78 is 18.8. The quantitative estimate of drug-likeness (QED) is 0.234. The van der Waals surface area contributed by atoms with Crippen molar-refractivity contribution in [2.24, 2.45) is 5.92 Å². The van der Waals surface area contributed by atoms with Crippen LogP contribution >= 0.6 is 0 Å². The van der Waals surface area contributed by atoms with E-state index in [1.54, 1.807) is 17.0 Å². The van der Waals surface area contributed by atoms with Crippen molar-refractivity contribution in [2.45, 2.75) is 25.0 Å². The number of aliphatic carboxylic acids is 1. The van der Waals surface area contributed by atoms with Gasteiger partial charge in [0.2, 0.25) is 11.8 Å². The predicted molar refractivity (Wildman–Crippen MR) is 146 cm³/mol. The first-order valence-corrected chi connectivity index (χ1v) is 13.0. The van der Waals surface area contributed by atoms with E-state index < -0.39 is 30.4 Å². The fourth-order valence-corrected chi connectivity index (χ4v) is 4.65. The van der Waals surface area contributed by atoms with Gasteiger partial charge < -0.3 is 30.5 Å². The summed E-state index contributed by atoms with van der Waals surface area (Å²) >= 11 is 0. The van der Waals surface area contributed by atoms with Crippen molar-refractivity contribution in [1.29, 1.82) is 0 Å². The van der Waals surface area contributed by atoms with Crippen LogP contribution in [0.4, 0.5) is 10.1 Å². The maximum Gasteiger partial charge on any atom is 0.322 e. The first-order valence-electron chi connectivity index (χ1n) is 13.0. The number of amides is 3. The Morgan fingerprint density at radius 1 is 0.902 bits per heavy atom. The van der Waals surface area contributed by atoms with Crippen molar-refractivity contribution < 1.29 is 38.5 Å². The second kappa shape index (κ2) is 13.5. The highest BCUT2D eigenvalue weighted by Gasteiger charge is 2.48. The number of anilines is 1. The second-order valence-electron chi connectivity index (χ2n) is 9.54. The highest BCUT2D eigenvalue weighted by molar-refractivity contribution is 6.03. The molecule has 3 aromatic carbocycles. The maximum atomic E-state index is 13.3. The van der Waals surface area contributed by atoms with E-state index in [2.05, 4.69) is 10.6 Å². The molecule has 1 saturated heterocycles. The number of rotatable bonds is 13. The van der Waals surface area contributed by atoms with Crippen LogP contribution in [-0.2, 0) is 19.2 Å². The third-order valence-electron chi connectivity index (χ3n) is 6.73. The smallest absolute Gasteiger partial charge is 0.322 e. The molecule has 0 aromatic heterocycles. The molecule has 1 aliphatic heterocycles. The zero-order valence-corrected chi connectivity index (χ0v) is 22.0. The minimum Gasteiger partial charge on any atom is -0.484 e. The van der Waals surface area contributed by atoms with Gasteiger partial charge in [0, 0.05) is 5.69 Å². The molecule has 0 radical (unpaired) electrons. The van der Waals surface area contributed by atoms with Crippen LogP contribution in [0.15, 0.2) is 78.9 Å². The number of hydrogen-bond donors (Lipinski definition) is 4. The first kappa shape index (κ1) is 29.2. The van der Waals surface area contributed by atoms with E-state index in [1.165, 1.54) is 24.3 Å². The lowest BCUT2D eigenvalue weighted by molar-refractivity contribution is -0.137. The summed E-state index contributed by atoms with van der Waals surface area (Å²) in [5.74, 6) is -2.81. The van der Waals surface area contributed by atoms with Gasteiger partial charge in [0.25, 0.3) is 5.91 Å². The molecule has 11 heteroatoms. The summed E-state index contributed by atoms with van der Waals surface area (Å²) in [5, 5.41) is 23.7. The zero-order chi connectivity index (χ0) is 29.4. The molecular formula is C30H30FN3O7. The average molecular weight is 564 g/mol.